The van der Waals surface area contributed by atoms with Gasteiger partial charge in [0.05, 0.1) is 5.39 Å². The molecule has 0 saturated carbocycles. The monoisotopic (exact) mass is 750 g/mol. The van der Waals surface area contributed by atoms with Crippen LogP contribution < -0.4 is 19.8 Å². The number of hydrogen-bond donors (Lipinski definition) is 0. The number of hydrogen-bond acceptors (Lipinski definition) is 14. The second-order valence-corrected chi connectivity index (χ2v) is 12.8. The number of carbonyl (C=O) groups excluding carboxylic acids is 4. The van der Waals surface area contributed by atoms with E-state index in [9.17, 15) is 24.0 Å². The molecular formula is C40H46O14. The van der Waals surface area contributed by atoms with Gasteiger partial charge in [0.2, 0.25) is 18.1 Å². The van der Waals surface area contributed by atoms with Crippen LogP contribution in [0.2, 0.25) is 0 Å². The zero-order chi connectivity index (χ0) is 39.4. The van der Waals surface area contributed by atoms with Crippen LogP contribution in [0.3, 0.4) is 0 Å². The smallest absolute Gasteiger partial charge is 0.383 e. The first-order valence-corrected chi connectivity index (χ1v) is 17.4. The van der Waals surface area contributed by atoms with E-state index >= 15 is 0 Å². The summed E-state index contributed by atoms with van der Waals surface area (Å²) < 4.78 is 51.6. The fourth-order valence-corrected chi connectivity index (χ4v) is 5.58. The van der Waals surface area contributed by atoms with Crippen LogP contribution in [0.4, 0.5) is 0 Å². The fourth-order valence-electron chi connectivity index (χ4n) is 5.58. The van der Waals surface area contributed by atoms with Crippen molar-refractivity contribution in [1.82, 2.24) is 0 Å². The number of benzene rings is 2. The van der Waals surface area contributed by atoms with E-state index in [0.717, 1.165) is 44.7 Å². The highest BCUT2D eigenvalue weighted by molar-refractivity contribution is 5.86. The van der Waals surface area contributed by atoms with Crippen LogP contribution in [0, 0.1) is 0 Å². The van der Waals surface area contributed by atoms with Gasteiger partial charge < -0.3 is 42.3 Å². The quantitative estimate of drug-likeness (QED) is 0.0732. The lowest BCUT2D eigenvalue weighted by Gasteiger charge is -2.43. The number of esters is 4. The topological polar surface area (TPSA) is 172 Å². The molecule has 1 saturated heterocycles. The van der Waals surface area contributed by atoms with E-state index in [-0.39, 0.29) is 36.0 Å². The molecule has 1 aromatic heterocycles. The molecule has 1 fully saturated rings. The minimum atomic E-state index is -1.50. The Morgan fingerprint density at radius 2 is 1.41 bits per heavy atom. The van der Waals surface area contributed by atoms with Gasteiger partial charge in [0.25, 0.3) is 0 Å². The van der Waals surface area contributed by atoms with Gasteiger partial charge in [-0.15, -0.1) is 0 Å². The second kappa shape index (κ2) is 19.4. The third-order valence-corrected chi connectivity index (χ3v) is 7.97. The summed E-state index contributed by atoms with van der Waals surface area (Å²) >= 11 is 0. The average molecular weight is 751 g/mol. The summed E-state index contributed by atoms with van der Waals surface area (Å²) in [6, 6.07) is 13.9. The van der Waals surface area contributed by atoms with Crippen molar-refractivity contribution in [3.8, 4) is 17.2 Å². The standard InChI is InChI=1S/C40H46O14/c1-23(2)12-11-13-24(3)18-19-46-37-34(48-21-29-14-9-8-10-15-29)31-17-16-30(20-32(31)53-39(37)45)52-40-38(51-28(7)44)36(50-27(6)43)35(49-26(5)42)33(54-40)22-47-25(4)41/h8-10,12,14-18,20,33,35-36,38,40H,11,13,19,21-22H2,1-7H3/t33-,35+,36+,38-,40-/m1/s1. The van der Waals surface area contributed by atoms with Crippen LogP contribution in [0.1, 0.15) is 66.9 Å². The van der Waals surface area contributed by atoms with Gasteiger partial charge in [-0.2, -0.15) is 0 Å². The van der Waals surface area contributed by atoms with Crippen molar-refractivity contribution in [3.63, 3.8) is 0 Å². The highest BCUT2D eigenvalue weighted by Crippen LogP contribution is 2.37. The van der Waals surface area contributed by atoms with Crippen molar-refractivity contribution >= 4 is 34.8 Å². The maximum absolute atomic E-state index is 13.4. The zero-order valence-electron chi connectivity index (χ0n) is 31.4. The molecule has 1 aliphatic rings. The molecule has 0 bridgehead atoms. The van der Waals surface area contributed by atoms with Gasteiger partial charge in [0.1, 0.15) is 37.3 Å². The third-order valence-electron chi connectivity index (χ3n) is 7.97. The Morgan fingerprint density at radius 1 is 0.741 bits per heavy atom. The number of carbonyl (C=O) groups is 4. The van der Waals surface area contributed by atoms with Crippen LogP contribution in [0.5, 0.6) is 17.2 Å². The molecule has 0 radical (unpaired) electrons. The molecule has 5 atom stereocenters. The first-order valence-electron chi connectivity index (χ1n) is 17.4. The van der Waals surface area contributed by atoms with E-state index < -0.39 is 66.8 Å². The Balaban J connectivity index is 1.71. The minimum absolute atomic E-state index is 0.0620. The van der Waals surface area contributed by atoms with Crippen molar-refractivity contribution in [2.45, 2.75) is 98.6 Å². The van der Waals surface area contributed by atoms with E-state index in [1.54, 1.807) is 6.07 Å². The second-order valence-electron chi connectivity index (χ2n) is 12.8. The predicted molar refractivity (Wildman–Crippen MR) is 194 cm³/mol. The highest BCUT2D eigenvalue weighted by atomic mass is 16.7. The largest absolute Gasteiger partial charge is 0.484 e. The van der Waals surface area contributed by atoms with E-state index in [0.29, 0.717) is 5.39 Å². The molecule has 14 heteroatoms. The molecule has 14 nitrogen and oxygen atoms in total. The molecule has 2 heterocycles. The Hall–Kier alpha value is -5.63. The number of allylic oxidation sites excluding steroid dienone is 3. The molecule has 0 unspecified atom stereocenters. The van der Waals surface area contributed by atoms with Crippen LogP contribution in [-0.2, 0) is 49.5 Å². The van der Waals surface area contributed by atoms with E-state index in [1.165, 1.54) is 24.6 Å². The molecule has 4 rings (SSSR count). The summed E-state index contributed by atoms with van der Waals surface area (Å²) in [5.74, 6) is -2.89. The van der Waals surface area contributed by atoms with Crippen LogP contribution >= 0.6 is 0 Å². The Labute approximate surface area is 312 Å². The summed E-state index contributed by atoms with van der Waals surface area (Å²) in [7, 11) is 0. The Morgan fingerprint density at radius 3 is 2.06 bits per heavy atom. The molecular weight excluding hydrogens is 704 g/mol. The summed E-state index contributed by atoms with van der Waals surface area (Å²) in [6.07, 6.45) is -1.21. The average Bonchev–Trinajstić information content (AvgIpc) is 3.09. The number of ether oxygens (including phenoxy) is 8. The van der Waals surface area contributed by atoms with Gasteiger partial charge in [-0.3, -0.25) is 19.2 Å². The van der Waals surface area contributed by atoms with Crippen molar-refractivity contribution in [2.24, 2.45) is 0 Å². The Kier molecular flexibility index (Phi) is 14.8. The van der Waals surface area contributed by atoms with Gasteiger partial charge in [0.15, 0.2) is 18.0 Å². The van der Waals surface area contributed by atoms with Crippen molar-refractivity contribution in [1.29, 1.82) is 0 Å². The maximum Gasteiger partial charge on any atom is 0.383 e. The van der Waals surface area contributed by atoms with E-state index in [4.69, 9.17) is 42.3 Å². The minimum Gasteiger partial charge on any atom is -0.484 e. The molecule has 0 spiro atoms. The van der Waals surface area contributed by atoms with Crippen LogP contribution in [0.15, 0.2) is 81.0 Å². The van der Waals surface area contributed by atoms with Gasteiger partial charge in [-0.05, 0) is 57.4 Å². The lowest BCUT2D eigenvalue weighted by atomic mass is 9.98. The lowest BCUT2D eigenvalue weighted by Crippen LogP contribution is -2.63. The van der Waals surface area contributed by atoms with Gasteiger partial charge in [-0.1, -0.05) is 47.6 Å². The molecule has 2 aromatic carbocycles. The first kappa shape index (κ1) is 41.1. The van der Waals surface area contributed by atoms with E-state index in [1.807, 2.05) is 57.2 Å². The van der Waals surface area contributed by atoms with Gasteiger partial charge >= 0.3 is 29.5 Å². The van der Waals surface area contributed by atoms with Crippen molar-refractivity contribution in [3.05, 3.63) is 87.8 Å². The summed E-state index contributed by atoms with van der Waals surface area (Å²) in [4.78, 5) is 61.7. The van der Waals surface area contributed by atoms with Crippen LogP contribution in [-0.4, -0.2) is 67.8 Å². The summed E-state index contributed by atoms with van der Waals surface area (Å²) in [6.45, 7) is 10.4. The van der Waals surface area contributed by atoms with Crippen molar-refractivity contribution in [2.75, 3.05) is 13.2 Å². The summed E-state index contributed by atoms with van der Waals surface area (Å²) in [5, 5.41) is 0.388. The maximum atomic E-state index is 13.4. The van der Waals surface area contributed by atoms with E-state index in [2.05, 4.69) is 6.08 Å². The van der Waals surface area contributed by atoms with Gasteiger partial charge in [0, 0.05) is 33.8 Å². The molecule has 0 amide bonds. The molecule has 54 heavy (non-hydrogen) atoms. The SMILES string of the molecule is CC(=O)OC[C@H]1O[C@@H](Oc2ccc3c(OCc4ccccc4)c(OCC=C(C)CCC=C(C)C)c(=O)oc3c2)[C@H](OC(C)=O)[C@@H](OC(C)=O)[C@H]1OC(C)=O. The highest BCUT2D eigenvalue weighted by Gasteiger charge is 2.53. The fraction of sp³-hybridized carbons (Fsp3) is 0.425. The normalized spacial score (nSPS) is 19.6. The van der Waals surface area contributed by atoms with Gasteiger partial charge in [-0.25, -0.2) is 4.79 Å². The Bertz CT molecular complexity index is 1910. The van der Waals surface area contributed by atoms with Crippen molar-refractivity contribution < 1.29 is 61.5 Å². The first-order chi connectivity index (χ1) is 25.7. The van der Waals surface area contributed by atoms with Crippen LogP contribution in [0.25, 0.3) is 11.0 Å². The lowest BCUT2D eigenvalue weighted by molar-refractivity contribution is -0.288. The summed E-state index contributed by atoms with van der Waals surface area (Å²) in [5.41, 5.74) is 2.44. The molecule has 1 aliphatic heterocycles. The zero-order valence-corrected chi connectivity index (χ0v) is 31.4. The molecule has 0 N–H and O–H groups in total. The number of rotatable bonds is 16. The molecule has 290 valence electrons. The third kappa shape index (κ3) is 12.0. The molecule has 0 aliphatic carbocycles. The molecule has 3 aromatic rings. The predicted octanol–water partition coefficient (Wildman–Crippen LogP) is 5.91. The number of fused-ring (bicyclic) bond motifs is 1.